The molecule has 0 atom stereocenters. The molecule has 4 aromatic carbocycles. The molecule has 0 unspecified atom stereocenters. The zero-order valence-corrected chi connectivity index (χ0v) is 26.8. The van der Waals surface area contributed by atoms with Crippen LogP contribution in [-0.4, -0.2) is 44.8 Å². The molecule has 10 nitrogen and oxygen atoms in total. The Morgan fingerprint density at radius 3 is 2.17 bits per heavy atom. The van der Waals surface area contributed by atoms with Crippen molar-refractivity contribution in [1.29, 1.82) is 0 Å². The highest BCUT2D eigenvalue weighted by molar-refractivity contribution is 7.92. The van der Waals surface area contributed by atoms with Crippen molar-refractivity contribution in [2.75, 3.05) is 29.0 Å². The third kappa shape index (κ3) is 11.2. The maximum absolute atomic E-state index is 12.0. The highest BCUT2D eigenvalue weighted by Gasteiger charge is 2.15. The van der Waals surface area contributed by atoms with Crippen molar-refractivity contribution in [3.05, 3.63) is 114 Å². The summed E-state index contributed by atoms with van der Waals surface area (Å²) in [6.45, 7) is 3.69. The van der Waals surface area contributed by atoms with E-state index in [2.05, 4.69) is 27.1 Å². The van der Waals surface area contributed by atoms with Gasteiger partial charge in [0.25, 0.3) is 0 Å². The molecule has 4 rings (SSSR count). The van der Waals surface area contributed by atoms with Crippen LogP contribution in [0.4, 0.5) is 11.4 Å². The molecule has 0 saturated carbocycles. The van der Waals surface area contributed by atoms with Crippen LogP contribution in [0, 0.1) is 6.92 Å². The number of carbonyl (C=O) groups is 2. The van der Waals surface area contributed by atoms with Gasteiger partial charge in [0.15, 0.2) is 0 Å². The first-order valence-corrected chi connectivity index (χ1v) is 16.8. The summed E-state index contributed by atoms with van der Waals surface area (Å²) in [6, 6.07) is 30.7. The highest BCUT2D eigenvalue weighted by atomic mass is 32.2. The molecule has 0 aliphatic heterocycles. The van der Waals surface area contributed by atoms with Crippen LogP contribution >= 0.6 is 0 Å². The lowest BCUT2D eigenvalue weighted by Gasteiger charge is -2.28. The first-order valence-electron chi connectivity index (χ1n) is 14.9. The van der Waals surface area contributed by atoms with Gasteiger partial charge in [-0.05, 0) is 66.4 Å². The van der Waals surface area contributed by atoms with Gasteiger partial charge in [-0.15, -0.1) is 0 Å². The predicted molar refractivity (Wildman–Crippen MR) is 179 cm³/mol. The molecule has 1 amide bonds. The van der Waals surface area contributed by atoms with Crippen molar-refractivity contribution in [2.45, 2.75) is 39.3 Å². The average molecular weight is 646 g/mol. The highest BCUT2D eigenvalue weighted by Crippen LogP contribution is 2.31. The zero-order chi connectivity index (χ0) is 32.9. The minimum Gasteiger partial charge on any atom is -0.492 e. The lowest BCUT2D eigenvalue weighted by Crippen LogP contribution is -2.27. The van der Waals surface area contributed by atoms with E-state index in [9.17, 15) is 18.0 Å². The van der Waals surface area contributed by atoms with Crippen LogP contribution in [0.25, 0.3) is 0 Å². The van der Waals surface area contributed by atoms with Gasteiger partial charge in [0.1, 0.15) is 23.9 Å². The third-order valence-corrected chi connectivity index (χ3v) is 7.57. The number of anilines is 2. The van der Waals surface area contributed by atoms with E-state index < -0.39 is 16.0 Å². The van der Waals surface area contributed by atoms with Crippen molar-refractivity contribution in [2.24, 2.45) is 0 Å². The van der Waals surface area contributed by atoms with Crippen LogP contribution in [0.1, 0.15) is 36.0 Å². The van der Waals surface area contributed by atoms with Crippen molar-refractivity contribution in [3.8, 4) is 17.2 Å². The van der Waals surface area contributed by atoms with Crippen LogP contribution in [-0.2, 0) is 32.7 Å². The smallest absolute Gasteiger partial charge is 0.303 e. The third-order valence-electron chi connectivity index (χ3n) is 6.98. The van der Waals surface area contributed by atoms with Crippen LogP contribution in [0.5, 0.6) is 17.2 Å². The maximum Gasteiger partial charge on any atom is 0.303 e. The summed E-state index contributed by atoms with van der Waals surface area (Å²) in [5.74, 6) is 0.716. The number of carboxylic acids is 1. The fourth-order valence-electron chi connectivity index (χ4n) is 4.80. The monoisotopic (exact) mass is 645 g/mol. The SMILES string of the molecule is Cc1c(NS(C)(=O)=O)cccc1N(Cc1ccccc1)Cc1ccc(Oc2cccc(OCCNC(=O)CCCC(=O)O)c2)cc1. The number of hydrogen-bond donors (Lipinski definition) is 3. The molecular formula is C35H39N3O7S. The molecule has 0 saturated heterocycles. The Balaban J connectivity index is 1.38. The van der Waals surface area contributed by atoms with Gasteiger partial charge >= 0.3 is 5.97 Å². The number of ether oxygens (including phenoxy) is 2. The van der Waals surface area contributed by atoms with Crippen LogP contribution in [0.15, 0.2) is 97.1 Å². The first-order chi connectivity index (χ1) is 22.1. The van der Waals surface area contributed by atoms with Crippen LogP contribution in [0.2, 0.25) is 0 Å². The summed E-state index contributed by atoms with van der Waals surface area (Å²) < 4.78 is 38.3. The summed E-state index contributed by atoms with van der Waals surface area (Å²) in [7, 11) is -3.43. The molecule has 3 N–H and O–H groups in total. The molecule has 0 aromatic heterocycles. The lowest BCUT2D eigenvalue weighted by molar-refractivity contribution is -0.137. The van der Waals surface area contributed by atoms with Gasteiger partial charge in [0.05, 0.1) is 18.5 Å². The Morgan fingerprint density at radius 1 is 0.804 bits per heavy atom. The van der Waals surface area contributed by atoms with Crippen molar-refractivity contribution >= 4 is 33.3 Å². The number of aliphatic carboxylic acids is 1. The Kier molecular flexibility index (Phi) is 12.0. The molecule has 0 heterocycles. The number of sulfonamides is 1. The van der Waals surface area contributed by atoms with Crippen molar-refractivity contribution in [1.82, 2.24) is 5.32 Å². The van der Waals surface area contributed by atoms with Crippen LogP contribution < -0.4 is 24.4 Å². The zero-order valence-electron chi connectivity index (χ0n) is 25.9. The fraction of sp³-hybridized carbons (Fsp3) is 0.257. The minimum atomic E-state index is -3.43. The number of amides is 1. The van der Waals surface area contributed by atoms with Gasteiger partial charge in [0.2, 0.25) is 15.9 Å². The molecule has 11 heteroatoms. The van der Waals surface area contributed by atoms with E-state index in [0.29, 0.717) is 49.0 Å². The second kappa shape index (κ2) is 16.3. The fourth-order valence-corrected chi connectivity index (χ4v) is 5.42. The Morgan fingerprint density at radius 2 is 1.48 bits per heavy atom. The lowest BCUT2D eigenvalue weighted by atomic mass is 10.1. The Labute approximate surface area is 270 Å². The van der Waals surface area contributed by atoms with Crippen LogP contribution in [0.3, 0.4) is 0 Å². The molecular weight excluding hydrogens is 606 g/mol. The van der Waals surface area contributed by atoms with Gasteiger partial charge in [0, 0.05) is 37.7 Å². The van der Waals surface area contributed by atoms with E-state index in [-0.39, 0.29) is 25.4 Å². The molecule has 0 aliphatic rings. The molecule has 4 aromatic rings. The van der Waals surface area contributed by atoms with Gasteiger partial charge in [-0.25, -0.2) is 8.42 Å². The van der Waals surface area contributed by atoms with Crippen molar-refractivity contribution < 1.29 is 32.6 Å². The van der Waals surface area contributed by atoms with Gasteiger partial charge in [-0.2, -0.15) is 0 Å². The van der Waals surface area contributed by atoms with E-state index in [1.165, 1.54) is 0 Å². The topological polar surface area (TPSA) is 134 Å². The van der Waals surface area contributed by atoms with E-state index in [1.807, 2.05) is 73.7 Å². The number of benzene rings is 4. The molecule has 242 valence electrons. The quantitative estimate of drug-likeness (QED) is 0.117. The number of carbonyl (C=O) groups excluding carboxylic acids is 1. The standard InChI is InChI=1S/C35H39N3O7S/c1-26-32(37-46(2,42)43)13-7-14-33(26)38(24-27-9-4-3-5-10-27)25-28-17-19-29(20-18-28)45-31-12-6-11-30(23-31)44-22-21-36-34(39)15-8-16-35(40)41/h3-7,9-14,17-20,23,37H,8,15-16,21-22,24-25H2,1-2H3,(H,36,39)(H,40,41). The minimum absolute atomic E-state index is 0.0345. The van der Waals surface area contributed by atoms with Gasteiger partial charge < -0.3 is 24.8 Å². The number of carboxylic acid groups (broad SMARTS) is 1. The second-order valence-electron chi connectivity index (χ2n) is 10.8. The molecule has 0 fully saturated rings. The first kappa shape index (κ1) is 33.9. The summed E-state index contributed by atoms with van der Waals surface area (Å²) >= 11 is 0. The van der Waals surface area contributed by atoms with E-state index in [4.69, 9.17) is 14.6 Å². The number of hydrogen-bond acceptors (Lipinski definition) is 7. The van der Waals surface area contributed by atoms with E-state index in [0.717, 1.165) is 28.6 Å². The second-order valence-corrected chi connectivity index (χ2v) is 12.6. The normalized spacial score (nSPS) is 11.0. The van der Waals surface area contributed by atoms with Gasteiger partial charge in [-0.3, -0.25) is 14.3 Å². The predicted octanol–water partition coefficient (Wildman–Crippen LogP) is 6.12. The molecule has 0 bridgehead atoms. The van der Waals surface area contributed by atoms with Gasteiger partial charge in [-0.1, -0.05) is 54.6 Å². The number of nitrogens with zero attached hydrogens (tertiary/aromatic N) is 1. The molecule has 46 heavy (non-hydrogen) atoms. The van der Waals surface area contributed by atoms with E-state index >= 15 is 0 Å². The summed E-state index contributed by atoms with van der Waals surface area (Å²) in [6.07, 6.45) is 1.57. The van der Waals surface area contributed by atoms with E-state index in [1.54, 1.807) is 18.2 Å². The van der Waals surface area contributed by atoms with Crippen molar-refractivity contribution in [3.63, 3.8) is 0 Å². The summed E-state index contributed by atoms with van der Waals surface area (Å²) in [5.41, 5.74) is 4.48. The number of rotatable bonds is 17. The summed E-state index contributed by atoms with van der Waals surface area (Å²) in [4.78, 5) is 24.6. The summed E-state index contributed by atoms with van der Waals surface area (Å²) in [5, 5.41) is 11.4. The Bertz CT molecular complexity index is 1710. The largest absolute Gasteiger partial charge is 0.492 e. The number of nitrogens with one attached hydrogen (secondary N) is 2. The molecule has 0 spiro atoms. The average Bonchev–Trinajstić information content (AvgIpc) is 3.01. The Hall–Kier alpha value is -5.03. The maximum atomic E-state index is 12.0. The molecule has 0 aliphatic carbocycles. The molecule has 0 radical (unpaired) electrons.